The summed E-state index contributed by atoms with van der Waals surface area (Å²) < 4.78 is 41.9. The third-order valence-electron chi connectivity index (χ3n) is 7.63. The summed E-state index contributed by atoms with van der Waals surface area (Å²) >= 11 is 10.1. The van der Waals surface area contributed by atoms with Crippen molar-refractivity contribution < 1.29 is 32.4 Å². The minimum atomic E-state index is -4.59. The molecule has 15 heteroatoms. The quantitative estimate of drug-likeness (QED) is 0.0515. The number of hydrogen-bond acceptors (Lipinski definition) is 8. The number of carbonyl (C=O) groups excluding carboxylic acids is 2. The summed E-state index contributed by atoms with van der Waals surface area (Å²) in [6.45, 7) is 2.47. The van der Waals surface area contributed by atoms with Crippen LogP contribution in [0.15, 0.2) is 102 Å². The van der Waals surface area contributed by atoms with Gasteiger partial charge in [0.15, 0.2) is 0 Å². The summed E-state index contributed by atoms with van der Waals surface area (Å²) in [6, 6.07) is 26.2. The van der Waals surface area contributed by atoms with Crippen molar-refractivity contribution >= 4 is 95.1 Å². The molecule has 2 N–H and O–H groups in total. The second-order valence-electron chi connectivity index (χ2n) is 11.4. The normalized spacial score (nSPS) is 11.8. The molecule has 51 heavy (non-hydrogen) atoms. The summed E-state index contributed by atoms with van der Waals surface area (Å²) in [5.74, 6) is -0.172. The van der Waals surface area contributed by atoms with E-state index in [1.807, 2.05) is 66.2 Å². The van der Waals surface area contributed by atoms with Crippen LogP contribution in [0.25, 0.3) is 10.8 Å². The van der Waals surface area contributed by atoms with Crippen LogP contribution in [0.3, 0.4) is 0 Å². The van der Waals surface area contributed by atoms with E-state index in [1.54, 1.807) is 24.3 Å². The average Bonchev–Trinajstić information content (AvgIpc) is 3.08. The number of rotatable bonds is 14. The van der Waals surface area contributed by atoms with Crippen LogP contribution in [0.1, 0.15) is 16.7 Å². The number of aryl methyl sites for hydroxylation is 1. The number of ether oxygens (including phenoxy) is 2. The number of carbonyl (C=O) groups is 2. The fourth-order valence-corrected chi connectivity index (χ4v) is 8.56. The Morgan fingerprint density at radius 2 is 1.55 bits per heavy atom. The van der Waals surface area contributed by atoms with Gasteiger partial charge in [0.1, 0.15) is 35.8 Å². The van der Waals surface area contributed by atoms with Crippen molar-refractivity contribution in [3.63, 3.8) is 0 Å². The fraction of sp³-hybridized carbons (Fsp3) is 0.167. The number of halogens is 3. The Hall–Kier alpha value is -4.00. The molecule has 0 aliphatic carbocycles. The molecule has 2 amide bonds. The molecule has 0 heterocycles. The number of hydrogen-bond donors (Lipinski definition) is 2. The van der Waals surface area contributed by atoms with Crippen LogP contribution in [-0.4, -0.2) is 44.4 Å². The number of sulfonamides is 1. The lowest BCUT2D eigenvalue weighted by molar-refractivity contribution is -0.384. The molecule has 11 nitrogen and oxygen atoms in total. The molecule has 0 aliphatic heterocycles. The lowest BCUT2D eigenvalue weighted by atomic mass is 10.0. The molecule has 0 spiro atoms. The molecule has 5 rings (SSSR count). The van der Waals surface area contributed by atoms with E-state index < -0.39 is 43.4 Å². The minimum absolute atomic E-state index is 0.0527. The summed E-state index contributed by atoms with van der Waals surface area (Å²) in [5, 5.41) is 15.8. The van der Waals surface area contributed by atoms with E-state index in [1.165, 1.54) is 0 Å². The van der Waals surface area contributed by atoms with Gasteiger partial charge in [-0.25, -0.2) is 13.1 Å². The third-order valence-corrected chi connectivity index (χ3v) is 10.9. The first-order valence-corrected chi connectivity index (χ1v) is 19.4. The maximum absolute atomic E-state index is 13.6. The highest BCUT2D eigenvalue weighted by Gasteiger charge is 2.29. The van der Waals surface area contributed by atoms with E-state index in [-0.39, 0.29) is 24.5 Å². The van der Waals surface area contributed by atoms with Gasteiger partial charge in [-0.15, -0.1) is 0 Å². The van der Waals surface area contributed by atoms with Crippen LogP contribution >= 0.6 is 56.8 Å². The van der Waals surface area contributed by atoms with E-state index in [0.29, 0.717) is 23.5 Å². The average molecular weight is 954 g/mol. The molecule has 5 aromatic rings. The fourth-order valence-electron chi connectivity index (χ4n) is 5.13. The highest BCUT2D eigenvalue weighted by Crippen LogP contribution is 2.31. The smallest absolute Gasteiger partial charge is 0.289 e. The Morgan fingerprint density at radius 1 is 0.882 bits per heavy atom. The number of nitrogens with one attached hydrogen (secondary N) is 2. The van der Waals surface area contributed by atoms with Gasteiger partial charge in [0.25, 0.3) is 21.6 Å². The first-order valence-electron chi connectivity index (χ1n) is 15.4. The largest absolute Gasteiger partial charge is 0.489 e. The van der Waals surface area contributed by atoms with Crippen LogP contribution in [0, 0.1) is 24.2 Å². The predicted octanol–water partition coefficient (Wildman–Crippen LogP) is 7.15. The maximum Gasteiger partial charge on any atom is 0.289 e. The number of fused-ring (bicyclic) bond motifs is 1. The van der Waals surface area contributed by atoms with Crippen molar-refractivity contribution in [1.29, 1.82) is 0 Å². The van der Waals surface area contributed by atoms with Crippen LogP contribution in [-0.2, 0) is 32.5 Å². The molecule has 264 valence electrons. The van der Waals surface area contributed by atoms with Crippen molar-refractivity contribution in [2.45, 2.75) is 30.7 Å². The van der Waals surface area contributed by atoms with Gasteiger partial charge in [0.2, 0.25) is 5.91 Å². The monoisotopic (exact) mass is 953 g/mol. The second-order valence-corrected chi connectivity index (χ2v) is 15.8. The van der Waals surface area contributed by atoms with Crippen LogP contribution in [0.5, 0.6) is 11.5 Å². The first kappa shape index (κ1) is 38.2. The Morgan fingerprint density at radius 3 is 2.25 bits per heavy atom. The van der Waals surface area contributed by atoms with Crippen molar-refractivity contribution in [2.24, 2.45) is 0 Å². The molecule has 0 aliphatic rings. The Labute approximate surface area is 326 Å². The molecule has 0 aromatic heterocycles. The van der Waals surface area contributed by atoms with Gasteiger partial charge in [0.05, 0.1) is 23.4 Å². The van der Waals surface area contributed by atoms with Crippen molar-refractivity contribution in [3.8, 4) is 11.5 Å². The number of nitro benzene ring substituents is 1. The van der Waals surface area contributed by atoms with Crippen LogP contribution in [0.2, 0.25) is 5.02 Å². The van der Waals surface area contributed by atoms with Crippen molar-refractivity contribution in [3.05, 3.63) is 136 Å². The molecular formula is C36H30ClI2N3O8S. The summed E-state index contributed by atoms with van der Waals surface area (Å²) in [5.41, 5.74) is 1.70. The number of amides is 2. The molecule has 0 fully saturated rings. The molecule has 0 unspecified atom stereocenters. The van der Waals surface area contributed by atoms with Gasteiger partial charge in [0, 0.05) is 17.9 Å². The summed E-state index contributed by atoms with van der Waals surface area (Å²) in [6.07, 6.45) is -0.124. The van der Waals surface area contributed by atoms with E-state index in [9.17, 15) is 28.1 Å². The van der Waals surface area contributed by atoms with Crippen LogP contribution in [0.4, 0.5) is 5.69 Å². The molecule has 0 saturated carbocycles. The van der Waals surface area contributed by atoms with Crippen molar-refractivity contribution in [1.82, 2.24) is 10.0 Å². The van der Waals surface area contributed by atoms with Gasteiger partial charge >= 0.3 is 0 Å². The minimum Gasteiger partial charge on any atom is -0.489 e. The van der Waals surface area contributed by atoms with Gasteiger partial charge < -0.3 is 14.8 Å². The zero-order valence-corrected chi connectivity index (χ0v) is 32.8. The van der Waals surface area contributed by atoms with E-state index >= 15 is 0 Å². The van der Waals surface area contributed by atoms with E-state index in [4.69, 9.17) is 21.1 Å². The maximum atomic E-state index is 13.6. The van der Waals surface area contributed by atoms with Gasteiger partial charge in [-0.05, 0) is 99.0 Å². The highest BCUT2D eigenvalue weighted by molar-refractivity contribution is 14.1. The SMILES string of the molecule is Cc1ccc(CC(=O)N[C@@H](Cc2cc(I)c(OCCOc3cccc4ccccc34)c(I)c2)C(=O)NS(=O)(=O)c2ccc(Cl)c([N+](=O)[O-])c2)cc1. The first-order chi connectivity index (χ1) is 24.3. The Bertz CT molecular complexity index is 2190. The number of nitrogens with zero attached hydrogens (tertiary/aromatic N) is 1. The lowest BCUT2D eigenvalue weighted by Crippen LogP contribution is -2.49. The van der Waals surface area contributed by atoms with Crippen LogP contribution < -0.4 is 19.5 Å². The molecule has 0 radical (unpaired) electrons. The molecule has 5 aromatic carbocycles. The standard InChI is InChI=1S/C36H30ClI2N3O8S/c1-22-9-11-23(12-10-22)20-34(43)40-31(36(44)41-51(47,48)26-13-14-28(37)32(21-26)42(45)46)19-24-17-29(38)35(30(39)18-24)50-16-15-49-33-8-4-6-25-5-2-3-7-27(25)33/h2-14,17-18,21,31H,15-16,19-20H2,1H3,(H,40,43)(H,41,44)/t31-/m0/s1. The molecule has 0 bridgehead atoms. The van der Waals surface area contributed by atoms with Gasteiger partial charge in [-0.1, -0.05) is 77.8 Å². The molecule has 0 saturated heterocycles. The second kappa shape index (κ2) is 17.0. The lowest BCUT2D eigenvalue weighted by Gasteiger charge is -2.20. The van der Waals surface area contributed by atoms with Crippen molar-refractivity contribution in [2.75, 3.05) is 13.2 Å². The molecule has 1 atom stereocenters. The number of benzene rings is 5. The van der Waals surface area contributed by atoms with Gasteiger partial charge in [-0.2, -0.15) is 0 Å². The molecular weight excluding hydrogens is 924 g/mol. The summed E-state index contributed by atoms with van der Waals surface area (Å²) in [4.78, 5) is 36.7. The zero-order chi connectivity index (χ0) is 36.7. The Balaban J connectivity index is 1.31. The Kier molecular flexibility index (Phi) is 12.8. The summed E-state index contributed by atoms with van der Waals surface area (Å²) in [7, 11) is -4.59. The topological polar surface area (TPSA) is 154 Å². The van der Waals surface area contributed by atoms with Gasteiger partial charge in [-0.3, -0.25) is 19.7 Å². The van der Waals surface area contributed by atoms with E-state index in [0.717, 1.165) is 47.4 Å². The zero-order valence-electron chi connectivity index (χ0n) is 26.9. The third kappa shape index (κ3) is 10.1. The predicted molar refractivity (Wildman–Crippen MR) is 211 cm³/mol. The highest BCUT2D eigenvalue weighted by atomic mass is 127. The van der Waals surface area contributed by atoms with E-state index in [2.05, 4.69) is 50.5 Å². The number of nitro groups is 1.